The first-order valence-corrected chi connectivity index (χ1v) is 12.4. The maximum Gasteiger partial charge on any atom is 0.234 e. The van der Waals surface area contributed by atoms with Crippen LogP contribution in [0.2, 0.25) is 0 Å². The molecule has 3 aromatic rings. The Balaban J connectivity index is 1.64. The number of benzene rings is 2. The molecule has 1 N–H and O–H groups in total. The Hall–Kier alpha value is -2.33. The SMILES string of the molecule is C=CCn1c(COc2cccc(C)c2)nnc1SCC(=O)Nc1ccc(I)cc1C(C)C. The van der Waals surface area contributed by atoms with Crippen molar-refractivity contribution in [1.82, 2.24) is 14.8 Å². The molecule has 0 saturated heterocycles. The van der Waals surface area contributed by atoms with Crippen molar-refractivity contribution < 1.29 is 9.53 Å². The Morgan fingerprint density at radius 1 is 1.28 bits per heavy atom. The first kappa shape index (κ1) is 24.3. The largest absolute Gasteiger partial charge is 0.486 e. The van der Waals surface area contributed by atoms with E-state index in [1.54, 1.807) is 6.08 Å². The number of carbonyl (C=O) groups excluding carboxylic acids is 1. The summed E-state index contributed by atoms with van der Waals surface area (Å²) in [6.45, 7) is 10.9. The molecule has 8 heteroatoms. The molecule has 0 aliphatic heterocycles. The van der Waals surface area contributed by atoms with E-state index in [1.807, 2.05) is 47.9 Å². The maximum atomic E-state index is 12.6. The van der Waals surface area contributed by atoms with Crippen molar-refractivity contribution in [3.8, 4) is 5.75 Å². The quantitative estimate of drug-likeness (QED) is 0.192. The molecule has 32 heavy (non-hydrogen) atoms. The van der Waals surface area contributed by atoms with Crippen LogP contribution in [0.25, 0.3) is 0 Å². The summed E-state index contributed by atoms with van der Waals surface area (Å²) in [5.41, 5.74) is 3.11. The molecule has 2 aromatic carbocycles. The fourth-order valence-electron chi connectivity index (χ4n) is 3.14. The Morgan fingerprint density at radius 3 is 2.81 bits per heavy atom. The van der Waals surface area contributed by atoms with Gasteiger partial charge in [0.05, 0.1) is 5.75 Å². The molecule has 1 amide bonds. The van der Waals surface area contributed by atoms with Gasteiger partial charge >= 0.3 is 0 Å². The van der Waals surface area contributed by atoms with Crippen LogP contribution in [-0.2, 0) is 17.9 Å². The second-order valence-corrected chi connectivity index (χ2v) is 9.81. The van der Waals surface area contributed by atoms with Crippen molar-refractivity contribution in [3.63, 3.8) is 0 Å². The summed E-state index contributed by atoms with van der Waals surface area (Å²) < 4.78 is 8.95. The van der Waals surface area contributed by atoms with Crippen molar-refractivity contribution >= 4 is 45.9 Å². The van der Waals surface area contributed by atoms with Crippen molar-refractivity contribution in [3.05, 3.63) is 75.6 Å². The van der Waals surface area contributed by atoms with Crippen LogP contribution in [0.1, 0.15) is 36.7 Å². The smallest absolute Gasteiger partial charge is 0.234 e. The number of nitrogens with zero attached hydrogens (tertiary/aromatic N) is 3. The molecule has 0 atom stereocenters. The van der Waals surface area contributed by atoms with Gasteiger partial charge in [0.1, 0.15) is 12.4 Å². The lowest BCUT2D eigenvalue weighted by Gasteiger charge is -2.14. The average molecular weight is 562 g/mol. The third-order valence-corrected chi connectivity index (χ3v) is 6.34. The van der Waals surface area contributed by atoms with Gasteiger partial charge in [-0.25, -0.2) is 0 Å². The first-order chi connectivity index (χ1) is 15.4. The predicted molar refractivity (Wildman–Crippen MR) is 138 cm³/mol. The van der Waals surface area contributed by atoms with Crippen LogP contribution in [-0.4, -0.2) is 26.4 Å². The van der Waals surface area contributed by atoms with E-state index in [9.17, 15) is 4.79 Å². The van der Waals surface area contributed by atoms with Gasteiger partial charge in [0, 0.05) is 15.8 Å². The number of carbonyl (C=O) groups is 1. The molecule has 0 fully saturated rings. The first-order valence-electron chi connectivity index (χ1n) is 10.3. The van der Waals surface area contributed by atoms with E-state index >= 15 is 0 Å². The number of aryl methyl sites for hydroxylation is 1. The molecule has 6 nitrogen and oxygen atoms in total. The van der Waals surface area contributed by atoms with Crippen LogP contribution in [0, 0.1) is 10.5 Å². The predicted octanol–water partition coefficient (Wildman–Crippen LogP) is 5.81. The lowest BCUT2D eigenvalue weighted by molar-refractivity contribution is -0.113. The maximum absolute atomic E-state index is 12.6. The van der Waals surface area contributed by atoms with E-state index < -0.39 is 0 Å². The van der Waals surface area contributed by atoms with Gasteiger partial charge in [-0.3, -0.25) is 9.36 Å². The average Bonchev–Trinajstić information content (AvgIpc) is 3.14. The summed E-state index contributed by atoms with van der Waals surface area (Å²) in [6, 6.07) is 13.9. The molecule has 0 radical (unpaired) electrons. The molecule has 0 spiro atoms. The minimum absolute atomic E-state index is 0.0798. The van der Waals surface area contributed by atoms with Crippen molar-refractivity contribution in [1.29, 1.82) is 0 Å². The number of amides is 1. The second kappa shape index (κ2) is 11.5. The number of ether oxygens (including phenoxy) is 1. The summed E-state index contributed by atoms with van der Waals surface area (Å²) in [5.74, 6) is 1.94. The molecule has 0 aliphatic carbocycles. The van der Waals surface area contributed by atoms with Gasteiger partial charge in [-0.15, -0.1) is 16.8 Å². The van der Waals surface area contributed by atoms with Crippen LogP contribution in [0.15, 0.2) is 60.3 Å². The lowest BCUT2D eigenvalue weighted by atomic mass is 10.0. The number of allylic oxidation sites excluding steroid dienone is 1. The molecule has 0 saturated carbocycles. The van der Waals surface area contributed by atoms with E-state index in [4.69, 9.17) is 4.74 Å². The zero-order valence-corrected chi connectivity index (χ0v) is 21.4. The second-order valence-electron chi connectivity index (χ2n) is 7.63. The highest BCUT2D eigenvalue weighted by Crippen LogP contribution is 2.27. The van der Waals surface area contributed by atoms with Gasteiger partial charge in [-0.1, -0.05) is 43.8 Å². The zero-order chi connectivity index (χ0) is 23.1. The number of hydrogen-bond donors (Lipinski definition) is 1. The van der Waals surface area contributed by atoms with Crippen LogP contribution < -0.4 is 10.1 Å². The molecule has 0 bridgehead atoms. The number of rotatable bonds is 10. The van der Waals surface area contributed by atoms with Gasteiger partial charge in [0.25, 0.3) is 0 Å². The minimum Gasteiger partial charge on any atom is -0.486 e. The van der Waals surface area contributed by atoms with Crippen LogP contribution in [0.4, 0.5) is 5.69 Å². The van der Waals surface area contributed by atoms with Gasteiger partial charge in [-0.2, -0.15) is 0 Å². The van der Waals surface area contributed by atoms with Crippen LogP contribution in [0.5, 0.6) is 5.75 Å². The number of thioether (sulfide) groups is 1. The number of nitrogens with one attached hydrogen (secondary N) is 1. The fraction of sp³-hybridized carbons (Fsp3) is 0.292. The molecule has 1 heterocycles. The van der Waals surface area contributed by atoms with Crippen molar-refractivity contribution in [2.24, 2.45) is 0 Å². The lowest BCUT2D eigenvalue weighted by Crippen LogP contribution is -2.16. The summed E-state index contributed by atoms with van der Waals surface area (Å²) in [5, 5.41) is 12.2. The topological polar surface area (TPSA) is 69.0 Å². The number of hydrogen-bond acceptors (Lipinski definition) is 5. The molecular formula is C24H27IN4O2S. The van der Waals surface area contributed by atoms with E-state index in [-0.39, 0.29) is 18.3 Å². The van der Waals surface area contributed by atoms with Crippen molar-refractivity contribution in [2.45, 2.75) is 45.0 Å². The van der Waals surface area contributed by atoms with E-state index in [0.717, 1.165) is 26.1 Å². The minimum atomic E-state index is -0.0798. The summed E-state index contributed by atoms with van der Waals surface area (Å²) in [6.07, 6.45) is 1.78. The normalized spacial score (nSPS) is 10.9. The molecule has 3 rings (SSSR count). The number of halogens is 1. The molecule has 168 valence electrons. The molecule has 0 aliphatic rings. The Morgan fingerprint density at radius 2 is 2.09 bits per heavy atom. The highest BCUT2D eigenvalue weighted by molar-refractivity contribution is 14.1. The third-order valence-electron chi connectivity index (χ3n) is 4.70. The molecular weight excluding hydrogens is 535 g/mol. The fourth-order valence-corrected chi connectivity index (χ4v) is 4.42. The van der Waals surface area contributed by atoms with Crippen molar-refractivity contribution in [2.75, 3.05) is 11.1 Å². The van der Waals surface area contributed by atoms with Gasteiger partial charge < -0.3 is 10.1 Å². The highest BCUT2D eigenvalue weighted by Gasteiger charge is 2.15. The number of anilines is 1. The zero-order valence-electron chi connectivity index (χ0n) is 18.5. The van der Waals surface area contributed by atoms with E-state index in [0.29, 0.717) is 23.4 Å². The van der Waals surface area contributed by atoms with E-state index in [2.05, 4.69) is 64.6 Å². The van der Waals surface area contributed by atoms with Gasteiger partial charge in [0.2, 0.25) is 5.91 Å². The van der Waals surface area contributed by atoms with Gasteiger partial charge in [-0.05, 0) is 76.9 Å². The summed E-state index contributed by atoms with van der Waals surface area (Å²) in [7, 11) is 0. The monoisotopic (exact) mass is 562 g/mol. The van der Waals surface area contributed by atoms with Crippen LogP contribution >= 0.6 is 34.4 Å². The number of aromatic nitrogens is 3. The summed E-state index contributed by atoms with van der Waals surface area (Å²) >= 11 is 3.64. The molecule has 1 aromatic heterocycles. The Labute approximate surface area is 207 Å². The Kier molecular flexibility index (Phi) is 8.75. The third kappa shape index (κ3) is 6.59. The molecule has 0 unspecified atom stereocenters. The summed E-state index contributed by atoms with van der Waals surface area (Å²) in [4.78, 5) is 12.6. The Bertz CT molecular complexity index is 1100. The van der Waals surface area contributed by atoms with Gasteiger partial charge in [0.15, 0.2) is 11.0 Å². The highest BCUT2D eigenvalue weighted by atomic mass is 127. The standard InChI is InChI=1S/C24H27IN4O2S/c1-5-11-29-22(14-31-19-8-6-7-17(4)12-19)27-28-24(29)32-15-23(30)26-21-10-9-18(25)13-20(21)16(2)3/h5-10,12-13,16H,1,11,14-15H2,2-4H3,(H,26,30). The van der Waals surface area contributed by atoms with Crippen LogP contribution in [0.3, 0.4) is 0 Å². The van der Waals surface area contributed by atoms with E-state index in [1.165, 1.54) is 11.8 Å².